The van der Waals surface area contributed by atoms with E-state index in [9.17, 15) is 14.9 Å². The maximum absolute atomic E-state index is 11.1. The monoisotopic (exact) mass is 244 g/mol. The molecule has 0 fully saturated rings. The van der Waals surface area contributed by atoms with E-state index in [1.165, 1.54) is 19.2 Å². The lowest BCUT2D eigenvalue weighted by Crippen LogP contribution is -2.22. The fraction of sp³-hybridized carbons (Fsp3) is 0.222. The van der Waals surface area contributed by atoms with Gasteiger partial charge in [-0.15, -0.1) is 0 Å². The summed E-state index contributed by atoms with van der Waals surface area (Å²) in [5, 5.41) is 10.6. The molecule has 0 aliphatic carbocycles. The Morgan fingerprint density at radius 3 is 2.75 bits per heavy atom. The minimum Gasteiger partial charge on any atom is -0.468 e. The van der Waals surface area contributed by atoms with Crippen LogP contribution in [0.4, 0.5) is 5.69 Å². The van der Waals surface area contributed by atoms with Crippen molar-refractivity contribution in [3.05, 3.63) is 38.9 Å². The molecular weight excluding hydrogens is 236 g/mol. The van der Waals surface area contributed by atoms with Crippen LogP contribution in [-0.2, 0) is 9.53 Å². The van der Waals surface area contributed by atoms with Crippen molar-refractivity contribution in [2.75, 3.05) is 7.11 Å². The molecule has 0 aliphatic rings. The number of carbonyl (C=O) groups is 1. The molecule has 0 spiro atoms. The molecule has 0 bridgehead atoms. The zero-order chi connectivity index (χ0) is 12.3. The normalized spacial score (nSPS) is 11.9. The van der Waals surface area contributed by atoms with Gasteiger partial charge in [-0.3, -0.25) is 14.9 Å². The van der Waals surface area contributed by atoms with E-state index in [-0.39, 0.29) is 16.3 Å². The Morgan fingerprint density at radius 2 is 2.25 bits per heavy atom. The van der Waals surface area contributed by atoms with Crippen LogP contribution in [-0.4, -0.2) is 18.0 Å². The molecule has 0 aliphatic heterocycles. The molecule has 1 aromatic rings. The highest BCUT2D eigenvalue weighted by Gasteiger charge is 2.20. The van der Waals surface area contributed by atoms with Crippen molar-refractivity contribution in [3.8, 4) is 0 Å². The van der Waals surface area contributed by atoms with E-state index in [4.69, 9.17) is 17.3 Å². The smallest absolute Gasteiger partial charge is 0.327 e. The molecule has 0 aromatic heterocycles. The topological polar surface area (TPSA) is 95.5 Å². The maximum atomic E-state index is 11.1. The summed E-state index contributed by atoms with van der Waals surface area (Å²) in [4.78, 5) is 21.1. The number of hydrogen-bond donors (Lipinski definition) is 1. The van der Waals surface area contributed by atoms with Crippen molar-refractivity contribution in [3.63, 3.8) is 0 Å². The number of halogens is 1. The lowest BCUT2D eigenvalue weighted by Gasteiger charge is -2.09. The van der Waals surface area contributed by atoms with Gasteiger partial charge in [0.25, 0.3) is 5.69 Å². The second-order valence-electron chi connectivity index (χ2n) is 2.97. The van der Waals surface area contributed by atoms with Crippen LogP contribution in [0.2, 0.25) is 5.02 Å². The van der Waals surface area contributed by atoms with Crippen molar-refractivity contribution in [2.45, 2.75) is 6.04 Å². The zero-order valence-corrected chi connectivity index (χ0v) is 9.10. The first-order chi connectivity index (χ1) is 7.47. The van der Waals surface area contributed by atoms with E-state index < -0.39 is 16.9 Å². The Morgan fingerprint density at radius 1 is 1.62 bits per heavy atom. The molecule has 0 heterocycles. The molecule has 0 saturated heterocycles. The maximum Gasteiger partial charge on any atom is 0.327 e. The van der Waals surface area contributed by atoms with E-state index in [2.05, 4.69) is 4.74 Å². The van der Waals surface area contributed by atoms with Gasteiger partial charge in [0, 0.05) is 6.07 Å². The third-order valence-electron chi connectivity index (χ3n) is 1.98. The van der Waals surface area contributed by atoms with Crippen LogP contribution in [0.25, 0.3) is 0 Å². The summed E-state index contributed by atoms with van der Waals surface area (Å²) >= 11 is 5.61. The van der Waals surface area contributed by atoms with Crippen LogP contribution in [0.15, 0.2) is 18.2 Å². The van der Waals surface area contributed by atoms with Crippen LogP contribution in [0.3, 0.4) is 0 Å². The minimum absolute atomic E-state index is 0.00850. The average Bonchev–Trinajstić information content (AvgIpc) is 2.27. The van der Waals surface area contributed by atoms with E-state index in [0.29, 0.717) is 0 Å². The Balaban J connectivity index is 3.12. The van der Waals surface area contributed by atoms with Gasteiger partial charge in [-0.25, -0.2) is 0 Å². The van der Waals surface area contributed by atoms with Crippen molar-refractivity contribution < 1.29 is 14.5 Å². The number of benzene rings is 1. The molecular formula is C9H9ClN2O4. The molecule has 7 heteroatoms. The van der Waals surface area contributed by atoms with Crippen molar-refractivity contribution >= 4 is 23.3 Å². The summed E-state index contributed by atoms with van der Waals surface area (Å²) in [6.07, 6.45) is 0. The first-order valence-electron chi connectivity index (χ1n) is 4.24. The molecule has 0 amide bonds. The number of rotatable bonds is 3. The number of nitro benzene ring substituents is 1. The number of hydrogen-bond acceptors (Lipinski definition) is 5. The number of esters is 1. The number of ether oxygens (including phenoxy) is 1. The number of methoxy groups -OCH3 is 1. The molecule has 16 heavy (non-hydrogen) atoms. The van der Waals surface area contributed by atoms with E-state index in [1.54, 1.807) is 0 Å². The highest BCUT2D eigenvalue weighted by atomic mass is 35.5. The molecule has 1 atom stereocenters. The van der Waals surface area contributed by atoms with E-state index in [0.717, 1.165) is 6.07 Å². The summed E-state index contributed by atoms with van der Waals surface area (Å²) in [6, 6.07) is 2.86. The molecule has 1 aromatic carbocycles. The van der Waals surface area contributed by atoms with Gasteiger partial charge in [0.05, 0.1) is 12.0 Å². The van der Waals surface area contributed by atoms with Gasteiger partial charge in [0.15, 0.2) is 0 Å². The Labute approximate surface area is 96.1 Å². The first-order valence-corrected chi connectivity index (χ1v) is 4.62. The molecule has 0 radical (unpaired) electrons. The summed E-state index contributed by atoms with van der Waals surface area (Å²) in [6.45, 7) is 0. The molecule has 0 saturated carbocycles. The Bertz CT molecular complexity index is 436. The van der Waals surface area contributed by atoms with E-state index >= 15 is 0 Å². The fourth-order valence-electron chi connectivity index (χ4n) is 1.13. The predicted molar refractivity (Wildman–Crippen MR) is 57.1 cm³/mol. The highest BCUT2D eigenvalue weighted by Crippen LogP contribution is 2.27. The number of nitrogens with zero attached hydrogens (tertiary/aromatic N) is 1. The average molecular weight is 245 g/mol. The third kappa shape index (κ3) is 2.47. The van der Waals surface area contributed by atoms with Crippen molar-refractivity contribution in [1.82, 2.24) is 0 Å². The number of carbonyl (C=O) groups excluding carboxylic acids is 1. The Hall–Kier alpha value is -1.66. The molecule has 1 rings (SSSR count). The molecule has 0 unspecified atom stereocenters. The first kappa shape index (κ1) is 12.4. The van der Waals surface area contributed by atoms with Crippen LogP contribution < -0.4 is 5.73 Å². The van der Waals surface area contributed by atoms with Crippen molar-refractivity contribution in [1.29, 1.82) is 0 Å². The minimum atomic E-state index is -1.05. The van der Waals surface area contributed by atoms with Gasteiger partial charge in [-0.1, -0.05) is 17.7 Å². The lowest BCUT2D eigenvalue weighted by atomic mass is 10.1. The largest absolute Gasteiger partial charge is 0.468 e. The predicted octanol–water partition coefficient (Wildman–Crippen LogP) is 1.42. The van der Waals surface area contributed by atoms with Gasteiger partial charge in [-0.2, -0.15) is 0 Å². The van der Waals surface area contributed by atoms with Gasteiger partial charge in [-0.05, 0) is 11.6 Å². The molecule has 86 valence electrons. The standard InChI is InChI=1S/C9H9ClN2O4/c1-16-9(13)8(11)5-2-3-6(10)7(4-5)12(14)15/h2-4,8H,11H2,1H3/t8-/m0/s1. The van der Waals surface area contributed by atoms with Crippen LogP contribution >= 0.6 is 11.6 Å². The number of nitro groups is 1. The summed E-state index contributed by atoms with van der Waals surface area (Å²) in [5.41, 5.74) is 5.52. The third-order valence-corrected chi connectivity index (χ3v) is 2.30. The summed E-state index contributed by atoms with van der Waals surface area (Å²) < 4.78 is 4.43. The highest BCUT2D eigenvalue weighted by molar-refractivity contribution is 6.32. The van der Waals surface area contributed by atoms with Crippen molar-refractivity contribution in [2.24, 2.45) is 5.73 Å². The second kappa shape index (κ2) is 4.91. The molecule has 6 nitrogen and oxygen atoms in total. The Kier molecular flexibility index (Phi) is 3.81. The fourth-order valence-corrected chi connectivity index (χ4v) is 1.31. The van der Waals surface area contributed by atoms with Crippen LogP contribution in [0.5, 0.6) is 0 Å². The summed E-state index contributed by atoms with van der Waals surface area (Å²) in [7, 11) is 1.19. The zero-order valence-electron chi connectivity index (χ0n) is 8.34. The van der Waals surface area contributed by atoms with Crippen LogP contribution in [0.1, 0.15) is 11.6 Å². The van der Waals surface area contributed by atoms with Gasteiger partial charge < -0.3 is 10.5 Å². The second-order valence-corrected chi connectivity index (χ2v) is 3.38. The number of nitrogens with two attached hydrogens (primary N) is 1. The quantitative estimate of drug-likeness (QED) is 0.493. The SMILES string of the molecule is COC(=O)[C@@H](N)c1ccc(Cl)c([N+](=O)[O-])c1. The van der Waals surface area contributed by atoms with E-state index in [1.807, 2.05) is 0 Å². The van der Waals surface area contributed by atoms with Gasteiger partial charge in [0.1, 0.15) is 11.1 Å². The van der Waals surface area contributed by atoms with Gasteiger partial charge >= 0.3 is 5.97 Å². The summed E-state index contributed by atoms with van der Waals surface area (Å²) in [5.74, 6) is -0.670. The lowest BCUT2D eigenvalue weighted by molar-refractivity contribution is -0.384. The van der Waals surface area contributed by atoms with Crippen LogP contribution in [0, 0.1) is 10.1 Å². The van der Waals surface area contributed by atoms with Gasteiger partial charge in [0.2, 0.25) is 0 Å². The molecule has 2 N–H and O–H groups in total.